The van der Waals surface area contributed by atoms with E-state index >= 15 is 0 Å². The number of piperazine rings is 1. The Morgan fingerprint density at radius 3 is 2.48 bits per heavy atom. The maximum absolute atomic E-state index is 13.9. The molecule has 8 nitrogen and oxygen atoms in total. The van der Waals surface area contributed by atoms with Crippen molar-refractivity contribution in [2.24, 2.45) is 0 Å². The van der Waals surface area contributed by atoms with E-state index in [0.29, 0.717) is 35.6 Å². The number of aromatic nitrogens is 3. The first-order valence-corrected chi connectivity index (χ1v) is 12.7. The van der Waals surface area contributed by atoms with E-state index < -0.39 is 17.8 Å². The third kappa shape index (κ3) is 6.59. The van der Waals surface area contributed by atoms with Gasteiger partial charge in [-0.1, -0.05) is 24.0 Å². The van der Waals surface area contributed by atoms with Crippen LogP contribution in [0.1, 0.15) is 27.8 Å². The monoisotopic (exact) mass is 547 g/mol. The largest absolute Gasteiger partial charge is 0.416 e. The van der Waals surface area contributed by atoms with Crippen molar-refractivity contribution in [2.45, 2.75) is 19.6 Å². The molecule has 2 aromatic carbocycles. The lowest BCUT2D eigenvalue weighted by molar-refractivity contribution is -0.138. The van der Waals surface area contributed by atoms with Gasteiger partial charge in [-0.2, -0.15) is 18.3 Å². The zero-order chi connectivity index (χ0) is 28.3. The van der Waals surface area contributed by atoms with E-state index in [1.165, 1.54) is 12.1 Å². The summed E-state index contributed by atoms with van der Waals surface area (Å²) in [7, 11) is 2.00. The number of rotatable bonds is 4. The Morgan fingerprint density at radius 1 is 1.00 bits per heavy atom. The van der Waals surface area contributed by atoms with Crippen molar-refractivity contribution < 1.29 is 18.0 Å². The number of alkyl halides is 3. The lowest BCUT2D eigenvalue weighted by Crippen LogP contribution is -2.44. The average Bonchev–Trinajstić information content (AvgIpc) is 3.38. The fraction of sp³-hybridized carbons (Fsp3) is 0.276. The van der Waals surface area contributed by atoms with Gasteiger partial charge in [-0.25, -0.2) is 9.78 Å². The Balaban J connectivity index is 1.27. The Morgan fingerprint density at radius 2 is 1.73 bits per heavy atom. The van der Waals surface area contributed by atoms with E-state index in [0.717, 1.165) is 30.1 Å². The number of hydrogen-bond donors (Lipinski definition) is 3. The van der Waals surface area contributed by atoms with Crippen molar-refractivity contribution in [1.82, 2.24) is 25.0 Å². The minimum Gasteiger partial charge on any atom is -0.308 e. The summed E-state index contributed by atoms with van der Waals surface area (Å²) in [6, 6.07) is 10.4. The number of aryl methyl sites for hydroxylation is 1. The van der Waals surface area contributed by atoms with E-state index in [-0.39, 0.29) is 17.8 Å². The summed E-state index contributed by atoms with van der Waals surface area (Å²) in [6.07, 6.45) is -1.23. The number of amides is 2. The van der Waals surface area contributed by atoms with Gasteiger partial charge in [-0.15, -0.1) is 0 Å². The second-order valence-corrected chi connectivity index (χ2v) is 9.84. The molecule has 1 aliphatic heterocycles. The van der Waals surface area contributed by atoms with Gasteiger partial charge >= 0.3 is 12.2 Å². The van der Waals surface area contributed by atoms with Crippen LogP contribution in [0, 0.1) is 18.8 Å². The van der Waals surface area contributed by atoms with Gasteiger partial charge in [0.1, 0.15) is 0 Å². The summed E-state index contributed by atoms with van der Waals surface area (Å²) in [4.78, 5) is 21.1. The third-order valence-corrected chi connectivity index (χ3v) is 6.79. The van der Waals surface area contributed by atoms with E-state index in [4.69, 9.17) is 0 Å². The molecule has 0 aliphatic carbocycles. The molecular weight excluding hydrogens is 519 g/mol. The Labute approximate surface area is 229 Å². The minimum atomic E-state index is -4.54. The Bertz CT molecular complexity index is 1590. The molecule has 40 heavy (non-hydrogen) atoms. The summed E-state index contributed by atoms with van der Waals surface area (Å²) in [5, 5.41) is 12.8. The van der Waals surface area contributed by atoms with Crippen LogP contribution in [0.5, 0.6) is 0 Å². The van der Waals surface area contributed by atoms with Gasteiger partial charge in [-0.3, -0.25) is 10.00 Å². The molecule has 0 unspecified atom stereocenters. The number of pyridine rings is 1. The number of H-pyrrole nitrogens is 1. The minimum absolute atomic E-state index is 0.0567. The number of nitrogens with one attached hydrogen (secondary N) is 3. The first-order chi connectivity index (χ1) is 19.1. The van der Waals surface area contributed by atoms with Crippen molar-refractivity contribution in [1.29, 1.82) is 0 Å². The van der Waals surface area contributed by atoms with Crippen molar-refractivity contribution in [3.8, 4) is 11.8 Å². The predicted molar refractivity (Wildman–Crippen MR) is 148 cm³/mol. The number of carbonyl (C=O) groups is 1. The number of carbonyl (C=O) groups excluding carboxylic acids is 1. The summed E-state index contributed by atoms with van der Waals surface area (Å²) in [5.74, 6) is 6.16. The highest BCUT2D eigenvalue weighted by molar-refractivity contribution is 6.00. The summed E-state index contributed by atoms with van der Waals surface area (Å²) in [6.45, 7) is 5.13. The van der Waals surface area contributed by atoms with Crippen LogP contribution in [0.15, 0.2) is 54.9 Å². The quantitative estimate of drug-likeness (QED) is 0.310. The SMILES string of the molecule is Cc1ccc(NC(=O)Nc2ccc(CN3CCN(C)CC3)c(C(F)(F)F)c2)cc1C#Cc1cnc2[nH]ncc2c1. The van der Waals surface area contributed by atoms with E-state index in [1.807, 2.05) is 31.0 Å². The smallest absolute Gasteiger partial charge is 0.308 e. The number of nitrogens with zero attached hydrogens (tertiary/aromatic N) is 4. The number of halogens is 3. The fourth-order valence-electron chi connectivity index (χ4n) is 4.48. The van der Waals surface area contributed by atoms with Crippen LogP contribution in [-0.2, 0) is 12.7 Å². The summed E-state index contributed by atoms with van der Waals surface area (Å²) >= 11 is 0. The van der Waals surface area contributed by atoms with Gasteiger partial charge in [-0.05, 0) is 55.4 Å². The van der Waals surface area contributed by atoms with Crippen LogP contribution in [0.2, 0.25) is 0 Å². The van der Waals surface area contributed by atoms with Gasteiger partial charge in [0.05, 0.1) is 11.8 Å². The summed E-state index contributed by atoms with van der Waals surface area (Å²) in [5.41, 5.74) is 2.93. The standard InChI is InChI=1S/C29H28F3N7O/c1-19-3-7-24(14-21(19)5-4-20-13-23-17-34-37-27(23)33-16-20)35-28(40)36-25-8-6-22(26(15-25)29(30,31)32)18-39-11-9-38(2)10-12-39/h3,6-8,13-17H,9-12,18H2,1-2H3,(H,33,34,37)(H2,35,36,40). The second-order valence-electron chi connectivity index (χ2n) is 9.84. The normalized spacial score (nSPS) is 14.5. The molecule has 3 heterocycles. The first-order valence-electron chi connectivity index (χ1n) is 12.7. The maximum atomic E-state index is 13.9. The van der Waals surface area contributed by atoms with Gasteiger partial charge in [0, 0.05) is 66.8 Å². The van der Waals surface area contributed by atoms with Crippen LogP contribution in [-0.4, -0.2) is 64.2 Å². The molecule has 2 amide bonds. The second kappa shape index (κ2) is 11.4. The highest BCUT2D eigenvalue weighted by atomic mass is 19.4. The van der Waals surface area contributed by atoms with Crippen LogP contribution in [0.4, 0.5) is 29.3 Å². The number of aromatic amines is 1. The molecule has 0 bridgehead atoms. The van der Waals surface area contributed by atoms with Gasteiger partial charge < -0.3 is 15.5 Å². The zero-order valence-electron chi connectivity index (χ0n) is 22.1. The third-order valence-electron chi connectivity index (χ3n) is 6.79. The molecule has 1 aliphatic rings. The lowest BCUT2D eigenvalue weighted by atomic mass is 10.0. The van der Waals surface area contributed by atoms with Crippen LogP contribution in [0.3, 0.4) is 0 Å². The molecule has 0 atom stereocenters. The van der Waals surface area contributed by atoms with Crippen molar-refractivity contribution in [3.63, 3.8) is 0 Å². The van der Waals surface area contributed by atoms with Gasteiger partial charge in [0.2, 0.25) is 0 Å². The first kappa shape index (κ1) is 27.2. The molecule has 5 rings (SSSR count). The Hall–Kier alpha value is -4.40. The molecule has 1 saturated heterocycles. The van der Waals surface area contributed by atoms with Crippen molar-refractivity contribution >= 4 is 28.4 Å². The molecule has 2 aromatic heterocycles. The van der Waals surface area contributed by atoms with E-state index in [1.54, 1.807) is 24.5 Å². The van der Waals surface area contributed by atoms with Crippen LogP contribution >= 0.6 is 0 Å². The lowest BCUT2D eigenvalue weighted by Gasteiger charge is -2.33. The molecule has 0 spiro atoms. The molecule has 11 heteroatoms. The maximum Gasteiger partial charge on any atom is 0.416 e. The zero-order valence-corrected chi connectivity index (χ0v) is 22.1. The van der Waals surface area contributed by atoms with Crippen molar-refractivity contribution in [3.05, 3.63) is 82.7 Å². The molecular formula is C29H28F3N7O. The predicted octanol–water partition coefficient (Wildman–Crippen LogP) is 5.08. The fourth-order valence-corrected chi connectivity index (χ4v) is 4.48. The van der Waals surface area contributed by atoms with E-state index in [2.05, 4.69) is 42.6 Å². The highest BCUT2D eigenvalue weighted by Gasteiger charge is 2.34. The van der Waals surface area contributed by atoms with Crippen molar-refractivity contribution in [2.75, 3.05) is 43.9 Å². The molecule has 0 saturated carbocycles. The van der Waals surface area contributed by atoms with Crippen LogP contribution < -0.4 is 10.6 Å². The van der Waals surface area contributed by atoms with E-state index in [9.17, 15) is 18.0 Å². The highest BCUT2D eigenvalue weighted by Crippen LogP contribution is 2.34. The molecule has 3 N–H and O–H groups in total. The topological polar surface area (TPSA) is 89.2 Å². The number of benzene rings is 2. The van der Waals surface area contributed by atoms with Gasteiger partial charge in [0.25, 0.3) is 0 Å². The number of likely N-dealkylation sites (N-methyl/N-ethyl adjacent to an activating group) is 1. The van der Waals surface area contributed by atoms with Crippen LogP contribution in [0.25, 0.3) is 11.0 Å². The molecule has 4 aromatic rings. The molecule has 0 radical (unpaired) electrons. The number of urea groups is 1. The number of hydrogen-bond acceptors (Lipinski definition) is 5. The summed E-state index contributed by atoms with van der Waals surface area (Å²) < 4.78 is 41.7. The number of anilines is 2. The number of fused-ring (bicyclic) bond motifs is 1. The van der Waals surface area contributed by atoms with Gasteiger partial charge in [0.15, 0.2) is 5.65 Å². The average molecular weight is 548 g/mol. The molecule has 1 fully saturated rings. The molecule has 206 valence electrons. The Kier molecular flexibility index (Phi) is 7.73.